The van der Waals surface area contributed by atoms with Crippen molar-refractivity contribution in [1.82, 2.24) is 4.98 Å². The zero-order valence-electron chi connectivity index (χ0n) is 27.4. The maximum atomic E-state index is 14.8. The Balaban J connectivity index is 1.16. The number of benzene rings is 6. The molecule has 0 radical (unpaired) electrons. The van der Waals surface area contributed by atoms with Gasteiger partial charge in [-0.15, -0.1) is 0 Å². The predicted molar refractivity (Wildman–Crippen MR) is 208 cm³/mol. The Morgan fingerprint density at radius 3 is 1.78 bits per heavy atom. The van der Waals surface area contributed by atoms with Crippen molar-refractivity contribution < 1.29 is 8.98 Å². The van der Waals surface area contributed by atoms with Crippen molar-refractivity contribution in [3.05, 3.63) is 176 Å². The summed E-state index contributed by atoms with van der Waals surface area (Å²) in [6.07, 6.45) is 6.13. The summed E-state index contributed by atoms with van der Waals surface area (Å²) in [6, 6.07) is 51.1. The largest absolute Gasteiger partial charge is 0.454 e. The van der Waals surface area contributed by atoms with Crippen LogP contribution in [0.2, 0.25) is 0 Å². The number of hydrogen-bond donors (Lipinski definition) is 0. The fourth-order valence-corrected chi connectivity index (χ4v) is 9.34. The van der Waals surface area contributed by atoms with Gasteiger partial charge in [-0.05, 0) is 59.9 Å². The summed E-state index contributed by atoms with van der Waals surface area (Å²) in [5.74, 6) is 0. The van der Waals surface area contributed by atoms with Crippen molar-refractivity contribution >= 4 is 61.5 Å². The maximum Gasteiger partial charge on any atom is 0.171 e. The molecule has 2 heterocycles. The van der Waals surface area contributed by atoms with Gasteiger partial charge in [0.1, 0.15) is 11.3 Å². The van der Waals surface area contributed by atoms with Crippen molar-refractivity contribution in [2.45, 2.75) is 13.8 Å². The first kappa shape index (κ1) is 30.6. The molecule has 3 nitrogen and oxygen atoms in total. The van der Waals surface area contributed by atoms with Crippen LogP contribution in [0.15, 0.2) is 174 Å². The van der Waals surface area contributed by atoms with Gasteiger partial charge in [-0.1, -0.05) is 152 Å². The third-order valence-corrected chi connectivity index (χ3v) is 12.3. The van der Waals surface area contributed by atoms with Crippen LogP contribution in [0.25, 0.3) is 60.7 Å². The first-order valence-electron chi connectivity index (χ1n) is 16.5. The Bertz CT molecular complexity index is 2520. The fraction of sp³-hybridized carbons (Fsp3) is 0.0444. The van der Waals surface area contributed by atoms with Gasteiger partial charge in [0.2, 0.25) is 0 Å². The van der Waals surface area contributed by atoms with Gasteiger partial charge in [-0.3, -0.25) is 0 Å². The first-order chi connectivity index (χ1) is 24.0. The quantitative estimate of drug-likeness (QED) is 0.127. The minimum absolute atomic E-state index is 0.812. The molecule has 0 atom stereocenters. The highest BCUT2D eigenvalue weighted by Gasteiger charge is 2.29. The number of nitrogens with zero attached hydrogens (tertiary/aromatic N) is 1. The molecule has 4 heteroatoms. The first-order valence-corrected chi connectivity index (χ1v) is 18.2. The number of para-hydroxylation sites is 1. The van der Waals surface area contributed by atoms with Crippen LogP contribution in [0.4, 0.5) is 0 Å². The molecule has 0 aliphatic rings. The number of hydrogen-bond acceptors (Lipinski definition) is 3. The number of allylic oxidation sites excluding steroid dienone is 4. The Labute approximate surface area is 286 Å². The SMILES string of the molecule is C/C=C\C=C(/C)c1nc2ccc(-c3ccc(-c4ccc(P(=O)(c5ccccc5)c5ccccc5)cc4)cc3)cc2c2c1oc1ccccc12. The molecule has 6 aromatic carbocycles. The Kier molecular flexibility index (Phi) is 7.92. The third kappa shape index (κ3) is 5.43. The molecule has 0 bridgehead atoms. The van der Waals surface area contributed by atoms with Gasteiger partial charge < -0.3 is 8.98 Å². The van der Waals surface area contributed by atoms with Crippen LogP contribution < -0.4 is 15.9 Å². The average molecular weight is 652 g/mol. The van der Waals surface area contributed by atoms with E-state index in [1.165, 1.54) is 0 Å². The number of fused-ring (bicyclic) bond motifs is 5. The van der Waals surface area contributed by atoms with Crippen molar-refractivity contribution in [1.29, 1.82) is 0 Å². The van der Waals surface area contributed by atoms with E-state index in [4.69, 9.17) is 9.40 Å². The molecule has 0 aliphatic carbocycles. The van der Waals surface area contributed by atoms with E-state index in [1.807, 2.05) is 104 Å². The van der Waals surface area contributed by atoms with E-state index in [9.17, 15) is 4.57 Å². The van der Waals surface area contributed by atoms with Crippen molar-refractivity contribution in [3.8, 4) is 22.3 Å². The van der Waals surface area contributed by atoms with Crippen molar-refractivity contribution in [3.63, 3.8) is 0 Å². The number of aromatic nitrogens is 1. The lowest BCUT2D eigenvalue weighted by molar-refractivity contribution is 0.592. The molecule has 0 unspecified atom stereocenters. The lowest BCUT2D eigenvalue weighted by Crippen LogP contribution is -2.24. The second kappa shape index (κ2) is 12.7. The van der Waals surface area contributed by atoms with Crippen molar-refractivity contribution in [2.24, 2.45) is 0 Å². The van der Waals surface area contributed by atoms with E-state index in [0.717, 1.165) is 82.3 Å². The number of pyridine rings is 1. The highest BCUT2D eigenvalue weighted by atomic mass is 31.2. The number of furan rings is 1. The normalized spacial score (nSPS) is 12.4. The van der Waals surface area contributed by atoms with E-state index in [-0.39, 0.29) is 0 Å². The summed E-state index contributed by atoms with van der Waals surface area (Å²) in [5, 5.41) is 5.74. The lowest BCUT2D eigenvalue weighted by atomic mass is 9.97. The second-order valence-corrected chi connectivity index (χ2v) is 15.0. The van der Waals surface area contributed by atoms with E-state index in [2.05, 4.69) is 79.7 Å². The molecule has 0 saturated carbocycles. The third-order valence-electron chi connectivity index (χ3n) is 9.24. The molecule has 0 amide bonds. The maximum absolute atomic E-state index is 14.8. The van der Waals surface area contributed by atoms with Crippen molar-refractivity contribution in [2.75, 3.05) is 0 Å². The van der Waals surface area contributed by atoms with E-state index >= 15 is 0 Å². The van der Waals surface area contributed by atoms with Crippen LogP contribution >= 0.6 is 7.14 Å². The Hall–Kier alpha value is -5.76. The van der Waals surface area contributed by atoms with Gasteiger partial charge in [0.05, 0.1) is 5.52 Å². The summed E-state index contributed by atoms with van der Waals surface area (Å²) in [6.45, 7) is 4.09. The van der Waals surface area contributed by atoms with Crippen LogP contribution in [0.5, 0.6) is 0 Å². The van der Waals surface area contributed by atoms with Crippen LogP contribution in [-0.4, -0.2) is 4.98 Å². The molecule has 8 aromatic rings. The molecule has 2 aromatic heterocycles. The predicted octanol–water partition coefficient (Wildman–Crippen LogP) is 11.1. The highest BCUT2D eigenvalue weighted by Crippen LogP contribution is 2.43. The molecule has 0 aliphatic heterocycles. The Morgan fingerprint density at radius 2 is 1.14 bits per heavy atom. The number of rotatable bonds is 7. The van der Waals surface area contributed by atoms with Gasteiger partial charge in [0.15, 0.2) is 12.7 Å². The summed E-state index contributed by atoms with van der Waals surface area (Å²) in [4.78, 5) is 5.09. The fourth-order valence-electron chi connectivity index (χ4n) is 6.69. The van der Waals surface area contributed by atoms with Crippen LogP contribution in [0.1, 0.15) is 19.5 Å². The highest BCUT2D eigenvalue weighted by molar-refractivity contribution is 7.85. The molecule has 0 fully saturated rings. The topological polar surface area (TPSA) is 43.1 Å². The Morgan fingerprint density at radius 1 is 0.612 bits per heavy atom. The monoisotopic (exact) mass is 651 g/mol. The summed E-state index contributed by atoms with van der Waals surface area (Å²) in [7, 11) is -3.02. The van der Waals surface area contributed by atoms with Gasteiger partial charge in [-0.2, -0.15) is 0 Å². The van der Waals surface area contributed by atoms with Crippen LogP contribution in [0.3, 0.4) is 0 Å². The molecule has 0 N–H and O–H groups in total. The van der Waals surface area contributed by atoms with Gasteiger partial charge in [0.25, 0.3) is 0 Å². The standard InChI is InChI=1S/C45H34NO2P/c1-3-4-13-31(2)44-45-43(39-18-11-12-19-42(39)48-45)40-30-35(26-29-41(40)46-44)34-22-20-32(21-23-34)33-24-27-38(28-25-33)49(47,36-14-7-5-8-15-36)37-16-9-6-10-17-37/h3-30H,1-2H3/b4-3-,31-13+. The zero-order chi connectivity index (χ0) is 33.4. The van der Waals surface area contributed by atoms with Crippen LogP contribution in [0, 0.1) is 0 Å². The molecule has 0 saturated heterocycles. The minimum atomic E-state index is -3.02. The molecule has 236 valence electrons. The van der Waals surface area contributed by atoms with Gasteiger partial charge >= 0.3 is 0 Å². The second-order valence-electron chi connectivity index (χ2n) is 12.3. The molecule has 49 heavy (non-hydrogen) atoms. The van der Waals surface area contributed by atoms with E-state index < -0.39 is 7.14 Å². The van der Waals surface area contributed by atoms with Gasteiger partial charge in [-0.25, -0.2) is 4.98 Å². The molecule has 8 rings (SSSR count). The lowest BCUT2D eigenvalue weighted by Gasteiger charge is -2.20. The molecular weight excluding hydrogens is 617 g/mol. The minimum Gasteiger partial charge on any atom is -0.454 e. The van der Waals surface area contributed by atoms with Crippen LogP contribution in [-0.2, 0) is 4.57 Å². The van der Waals surface area contributed by atoms with Gasteiger partial charge in [0, 0.05) is 32.1 Å². The summed E-state index contributed by atoms with van der Waals surface area (Å²) in [5.41, 5.74) is 8.94. The smallest absolute Gasteiger partial charge is 0.171 e. The van der Waals surface area contributed by atoms with E-state index in [1.54, 1.807) is 0 Å². The molecule has 0 spiro atoms. The summed E-state index contributed by atoms with van der Waals surface area (Å²) >= 11 is 0. The molecular formula is C45H34NO2P. The average Bonchev–Trinajstić information content (AvgIpc) is 3.57. The zero-order valence-corrected chi connectivity index (χ0v) is 28.3. The van der Waals surface area contributed by atoms with E-state index in [0.29, 0.717) is 0 Å². The summed E-state index contributed by atoms with van der Waals surface area (Å²) < 4.78 is 21.2.